The fourth-order valence-electron chi connectivity index (χ4n) is 3.87. The largest absolute Gasteiger partial charge is 0.496 e. The highest BCUT2D eigenvalue weighted by Gasteiger charge is 2.31. The third-order valence-electron chi connectivity index (χ3n) is 5.29. The van der Waals surface area contributed by atoms with Gasteiger partial charge in [0, 0.05) is 36.3 Å². The summed E-state index contributed by atoms with van der Waals surface area (Å²) in [5, 5.41) is 1.56. The van der Waals surface area contributed by atoms with Crippen molar-refractivity contribution < 1.29 is 13.2 Å². The standard InChI is InChI=1S/C21H22N2O3S/c1-26-20-7-3-2-6-18(20)16-10-13-23(14-11-16)27(24,25)21-8-4-5-17-15-22-12-9-19(17)21/h2-9,12,15-16H,10-11,13-14H2,1H3. The van der Waals surface area contributed by atoms with Gasteiger partial charge in [0.15, 0.2) is 0 Å². The van der Waals surface area contributed by atoms with Gasteiger partial charge in [0.1, 0.15) is 5.75 Å². The zero-order valence-electron chi connectivity index (χ0n) is 15.2. The van der Waals surface area contributed by atoms with Gasteiger partial charge in [-0.15, -0.1) is 0 Å². The van der Waals surface area contributed by atoms with Crippen LogP contribution in [0.15, 0.2) is 65.8 Å². The molecule has 3 aromatic rings. The third kappa shape index (κ3) is 3.31. The van der Waals surface area contributed by atoms with E-state index < -0.39 is 10.0 Å². The lowest BCUT2D eigenvalue weighted by molar-refractivity contribution is 0.313. The summed E-state index contributed by atoms with van der Waals surface area (Å²) in [5.74, 6) is 1.18. The van der Waals surface area contributed by atoms with Crippen LogP contribution in [0.5, 0.6) is 5.75 Å². The second-order valence-corrected chi connectivity index (χ2v) is 8.68. The summed E-state index contributed by atoms with van der Waals surface area (Å²) in [5.41, 5.74) is 1.16. The summed E-state index contributed by atoms with van der Waals surface area (Å²) in [4.78, 5) is 4.45. The molecule has 27 heavy (non-hydrogen) atoms. The quantitative estimate of drug-likeness (QED) is 0.688. The Bertz CT molecular complexity index is 1050. The van der Waals surface area contributed by atoms with E-state index in [0.29, 0.717) is 23.9 Å². The number of hydrogen-bond acceptors (Lipinski definition) is 4. The van der Waals surface area contributed by atoms with Gasteiger partial charge in [-0.1, -0.05) is 30.3 Å². The minimum absolute atomic E-state index is 0.310. The summed E-state index contributed by atoms with van der Waals surface area (Å²) in [6.45, 7) is 1.01. The van der Waals surface area contributed by atoms with Crippen LogP contribution in [0, 0.1) is 0 Å². The van der Waals surface area contributed by atoms with Crippen molar-refractivity contribution in [3.05, 3.63) is 66.5 Å². The van der Waals surface area contributed by atoms with Crippen molar-refractivity contribution in [3.63, 3.8) is 0 Å². The lowest BCUT2D eigenvalue weighted by Crippen LogP contribution is -2.38. The van der Waals surface area contributed by atoms with Gasteiger partial charge in [-0.3, -0.25) is 4.98 Å². The summed E-state index contributed by atoms with van der Waals surface area (Å²) >= 11 is 0. The van der Waals surface area contributed by atoms with E-state index in [0.717, 1.165) is 34.9 Å². The summed E-state index contributed by atoms with van der Waals surface area (Å²) < 4.78 is 33.6. The first-order valence-electron chi connectivity index (χ1n) is 9.07. The van der Waals surface area contributed by atoms with Crippen molar-refractivity contribution in [2.45, 2.75) is 23.7 Å². The second-order valence-electron chi connectivity index (χ2n) is 6.77. The third-order valence-corrected chi connectivity index (χ3v) is 7.25. The highest BCUT2D eigenvalue weighted by Crippen LogP contribution is 2.36. The molecular weight excluding hydrogens is 360 g/mol. The molecule has 6 heteroatoms. The van der Waals surface area contributed by atoms with Crippen LogP contribution in [0.1, 0.15) is 24.3 Å². The fraction of sp³-hybridized carbons (Fsp3) is 0.286. The zero-order chi connectivity index (χ0) is 18.9. The molecule has 0 spiro atoms. The Kier molecular flexibility index (Phi) is 4.85. The molecule has 0 aliphatic carbocycles. The maximum atomic E-state index is 13.2. The molecular formula is C21H22N2O3S. The number of rotatable bonds is 4. The van der Waals surface area contributed by atoms with Gasteiger partial charge >= 0.3 is 0 Å². The van der Waals surface area contributed by atoms with Gasteiger partial charge in [-0.05, 0) is 42.5 Å². The summed E-state index contributed by atoms with van der Waals surface area (Å²) in [6.07, 6.45) is 4.90. The topological polar surface area (TPSA) is 59.5 Å². The number of aromatic nitrogens is 1. The molecule has 4 rings (SSSR count). The van der Waals surface area contributed by atoms with E-state index in [1.165, 1.54) is 0 Å². The van der Waals surface area contributed by atoms with Gasteiger partial charge in [-0.2, -0.15) is 4.31 Å². The van der Waals surface area contributed by atoms with Crippen molar-refractivity contribution in [3.8, 4) is 5.75 Å². The van der Waals surface area contributed by atoms with E-state index in [4.69, 9.17) is 4.74 Å². The van der Waals surface area contributed by atoms with E-state index in [-0.39, 0.29) is 0 Å². The molecule has 2 heterocycles. The zero-order valence-corrected chi connectivity index (χ0v) is 16.0. The monoisotopic (exact) mass is 382 g/mol. The highest BCUT2D eigenvalue weighted by molar-refractivity contribution is 7.89. The molecule has 0 bridgehead atoms. The second kappa shape index (κ2) is 7.29. The molecule has 1 aliphatic heterocycles. The van der Waals surface area contributed by atoms with Crippen LogP contribution in [0.4, 0.5) is 0 Å². The summed E-state index contributed by atoms with van der Waals surface area (Å²) in [7, 11) is -1.86. The molecule has 0 atom stereocenters. The number of benzene rings is 2. The average Bonchev–Trinajstić information content (AvgIpc) is 2.73. The van der Waals surface area contributed by atoms with E-state index in [9.17, 15) is 8.42 Å². The van der Waals surface area contributed by atoms with Gasteiger partial charge in [-0.25, -0.2) is 8.42 Å². The maximum Gasteiger partial charge on any atom is 0.243 e. The van der Waals surface area contributed by atoms with E-state index in [2.05, 4.69) is 11.1 Å². The number of para-hydroxylation sites is 1. The number of sulfonamides is 1. The molecule has 0 N–H and O–H groups in total. The molecule has 0 amide bonds. The normalized spacial score (nSPS) is 16.5. The Hall–Kier alpha value is -2.44. The molecule has 1 saturated heterocycles. The minimum Gasteiger partial charge on any atom is -0.496 e. The predicted octanol–water partition coefficient (Wildman–Crippen LogP) is 3.81. The van der Waals surface area contributed by atoms with Crippen LogP contribution in [0.25, 0.3) is 10.8 Å². The molecule has 0 saturated carbocycles. The Labute approximate surface area is 159 Å². The first-order valence-corrected chi connectivity index (χ1v) is 10.5. The van der Waals surface area contributed by atoms with E-state index in [1.54, 1.807) is 42.0 Å². The lowest BCUT2D eigenvalue weighted by Gasteiger charge is -2.32. The fourth-order valence-corrected chi connectivity index (χ4v) is 5.55. The van der Waals surface area contributed by atoms with Crippen LogP contribution in [-0.4, -0.2) is 37.9 Å². The highest BCUT2D eigenvalue weighted by atomic mass is 32.2. The van der Waals surface area contributed by atoms with Gasteiger partial charge in [0.05, 0.1) is 12.0 Å². The Morgan fingerprint density at radius 1 is 1.04 bits per heavy atom. The first-order chi connectivity index (χ1) is 13.1. The van der Waals surface area contributed by atoms with Crippen molar-refractivity contribution >= 4 is 20.8 Å². The van der Waals surface area contributed by atoms with Crippen LogP contribution < -0.4 is 4.74 Å². The smallest absolute Gasteiger partial charge is 0.243 e. The number of pyridine rings is 1. The first kappa shape index (κ1) is 17.9. The Morgan fingerprint density at radius 2 is 1.81 bits per heavy atom. The molecule has 5 nitrogen and oxygen atoms in total. The average molecular weight is 382 g/mol. The number of hydrogen-bond donors (Lipinski definition) is 0. The van der Waals surface area contributed by atoms with Gasteiger partial charge < -0.3 is 4.74 Å². The molecule has 2 aromatic carbocycles. The Morgan fingerprint density at radius 3 is 2.59 bits per heavy atom. The van der Waals surface area contributed by atoms with Crippen molar-refractivity contribution in [1.29, 1.82) is 0 Å². The van der Waals surface area contributed by atoms with Crippen LogP contribution >= 0.6 is 0 Å². The van der Waals surface area contributed by atoms with Crippen molar-refractivity contribution in [2.75, 3.05) is 20.2 Å². The minimum atomic E-state index is -3.54. The number of fused-ring (bicyclic) bond motifs is 1. The molecule has 1 aromatic heterocycles. The van der Waals surface area contributed by atoms with E-state index >= 15 is 0 Å². The lowest BCUT2D eigenvalue weighted by atomic mass is 9.89. The number of ether oxygens (including phenoxy) is 1. The van der Waals surface area contributed by atoms with Crippen molar-refractivity contribution in [1.82, 2.24) is 9.29 Å². The molecule has 140 valence electrons. The number of nitrogens with zero attached hydrogens (tertiary/aromatic N) is 2. The van der Waals surface area contributed by atoms with Crippen molar-refractivity contribution in [2.24, 2.45) is 0 Å². The molecule has 0 unspecified atom stereocenters. The molecule has 1 fully saturated rings. The van der Waals surface area contributed by atoms with Crippen LogP contribution in [0.3, 0.4) is 0 Å². The number of piperidine rings is 1. The maximum absolute atomic E-state index is 13.2. The molecule has 0 radical (unpaired) electrons. The van der Waals surface area contributed by atoms with Gasteiger partial charge in [0.2, 0.25) is 10.0 Å². The summed E-state index contributed by atoms with van der Waals surface area (Å²) in [6, 6.07) is 15.1. The van der Waals surface area contributed by atoms with E-state index in [1.807, 2.05) is 24.3 Å². The molecule has 1 aliphatic rings. The van der Waals surface area contributed by atoms with Crippen LogP contribution in [0.2, 0.25) is 0 Å². The predicted molar refractivity (Wildman–Crippen MR) is 105 cm³/mol. The van der Waals surface area contributed by atoms with Crippen LogP contribution in [-0.2, 0) is 10.0 Å². The number of methoxy groups -OCH3 is 1. The SMILES string of the molecule is COc1ccccc1C1CCN(S(=O)(=O)c2cccc3cnccc23)CC1. The Balaban J connectivity index is 1.58. The van der Waals surface area contributed by atoms with Gasteiger partial charge in [0.25, 0.3) is 0 Å².